The highest BCUT2D eigenvalue weighted by atomic mass is 19.1. The van der Waals surface area contributed by atoms with Crippen molar-refractivity contribution in [2.75, 3.05) is 5.32 Å². The zero-order chi connectivity index (χ0) is 18.8. The predicted molar refractivity (Wildman–Crippen MR) is 99.5 cm³/mol. The molecule has 4 nitrogen and oxygen atoms in total. The minimum atomic E-state index is -0.682. The fourth-order valence-corrected chi connectivity index (χ4v) is 3.48. The minimum Gasteiger partial charge on any atom is -0.327 e. The molecule has 0 radical (unpaired) electrons. The summed E-state index contributed by atoms with van der Waals surface area (Å²) >= 11 is 0. The van der Waals surface area contributed by atoms with Crippen LogP contribution in [0.4, 0.5) is 14.5 Å². The van der Waals surface area contributed by atoms with E-state index < -0.39 is 17.5 Å². The van der Waals surface area contributed by atoms with Crippen LogP contribution in [0.3, 0.4) is 0 Å². The Morgan fingerprint density at radius 3 is 2.67 bits per heavy atom. The third-order valence-electron chi connectivity index (χ3n) is 4.79. The Morgan fingerprint density at radius 1 is 1.04 bits per heavy atom. The molecule has 0 saturated carbocycles. The Morgan fingerprint density at radius 2 is 1.85 bits per heavy atom. The summed E-state index contributed by atoms with van der Waals surface area (Å²) in [5.41, 5.74) is 1.87. The summed E-state index contributed by atoms with van der Waals surface area (Å²) in [7, 11) is 0. The zero-order valence-corrected chi connectivity index (χ0v) is 14.7. The molecule has 0 aliphatic carbocycles. The van der Waals surface area contributed by atoms with Gasteiger partial charge in [-0.1, -0.05) is 36.8 Å². The lowest BCUT2D eigenvalue weighted by atomic mass is 10.1. The van der Waals surface area contributed by atoms with E-state index in [1.54, 1.807) is 0 Å². The van der Waals surface area contributed by atoms with Crippen LogP contribution in [0.25, 0.3) is 11.4 Å². The second-order valence-corrected chi connectivity index (χ2v) is 6.64. The van der Waals surface area contributed by atoms with Crippen molar-refractivity contribution in [2.45, 2.75) is 32.2 Å². The van der Waals surface area contributed by atoms with E-state index in [0.717, 1.165) is 67.5 Å². The van der Waals surface area contributed by atoms with Crippen LogP contribution in [0.15, 0.2) is 48.5 Å². The molecule has 0 spiro atoms. The highest BCUT2D eigenvalue weighted by Crippen LogP contribution is 2.28. The molecular weight excluding hydrogens is 348 g/mol. The van der Waals surface area contributed by atoms with Crippen LogP contribution in [0, 0.1) is 11.6 Å². The molecule has 1 aliphatic heterocycles. The largest absolute Gasteiger partial charge is 0.327 e. The molecule has 1 aromatic heterocycles. The van der Waals surface area contributed by atoms with E-state index >= 15 is 0 Å². The first-order valence-electron chi connectivity index (χ1n) is 9.05. The maximum atomic E-state index is 13.9. The Bertz CT molecular complexity index is 983. The SMILES string of the molecule is O=C(Nc1cc(F)ccc1F)c1nc(-c2ccccc2)n2c1CCCCC2. The zero-order valence-electron chi connectivity index (χ0n) is 14.7. The molecule has 27 heavy (non-hydrogen) atoms. The van der Waals surface area contributed by atoms with Gasteiger partial charge in [0.2, 0.25) is 0 Å². The molecule has 0 unspecified atom stereocenters. The summed E-state index contributed by atoms with van der Waals surface area (Å²) in [6.45, 7) is 0.786. The number of halogens is 2. The molecule has 2 heterocycles. The van der Waals surface area contributed by atoms with E-state index in [9.17, 15) is 13.6 Å². The fraction of sp³-hybridized carbons (Fsp3) is 0.238. The highest BCUT2D eigenvalue weighted by Gasteiger charge is 2.24. The standard InChI is InChI=1S/C21H19F2N3O/c22-15-10-11-16(23)17(13-15)24-21(27)19-18-9-5-2-6-12-26(18)20(25-19)14-7-3-1-4-8-14/h1,3-4,7-8,10-11,13H,2,5-6,9,12H2,(H,24,27). The van der Waals surface area contributed by atoms with E-state index in [-0.39, 0.29) is 11.4 Å². The van der Waals surface area contributed by atoms with Gasteiger partial charge in [0.15, 0.2) is 0 Å². The number of imidazole rings is 1. The Kier molecular flexibility index (Phi) is 4.71. The van der Waals surface area contributed by atoms with Crippen molar-refractivity contribution in [1.82, 2.24) is 9.55 Å². The normalized spacial score (nSPS) is 13.7. The van der Waals surface area contributed by atoms with E-state index in [0.29, 0.717) is 0 Å². The predicted octanol–water partition coefficient (Wildman–Crippen LogP) is 4.81. The summed E-state index contributed by atoms with van der Waals surface area (Å²) in [5, 5.41) is 2.47. The van der Waals surface area contributed by atoms with Crippen LogP contribution in [0.2, 0.25) is 0 Å². The lowest BCUT2D eigenvalue weighted by molar-refractivity contribution is 0.102. The van der Waals surface area contributed by atoms with Gasteiger partial charge in [-0.2, -0.15) is 0 Å². The number of hydrogen-bond donors (Lipinski definition) is 1. The quantitative estimate of drug-likeness (QED) is 0.722. The van der Waals surface area contributed by atoms with Crippen LogP contribution < -0.4 is 5.32 Å². The number of nitrogens with zero attached hydrogens (tertiary/aromatic N) is 2. The van der Waals surface area contributed by atoms with Gasteiger partial charge in [-0.15, -0.1) is 0 Å². The molecule has 138 valence electrons. The summed E-state index contributed by atoms with van der Waals surface area (Å²) in [4.78, 5) is 17.4. The van der Waals surface area contributed by atoms with E-state index in [1.807, 2.05) is 30.3 Å². The molecule has 3 aromatic rings. The van der Waals surface area contributed by atoms with Crippen molar-refractivity contribution in [3.63, 3.8) is 0 Å². The van der Waals surface area contributed by atoms with Gasteiger partial charge in [0, 0.05) is 18.2 Å². The van der Waals surface area contributed by atoms with Gasteiger partial charge in [0.05, 0.1) is 11.4 Å². The number of amides is 1. The first-order valence-corrected chi connectivity index (χ1v) is 9.05. The number of anilines is 1. The Labute approximate surface area is 155 Å². The minimum absolute atomic E-state index is 0.184. The van der Waals surface area contributed by atoms with Crippen LogP contribution in [-0.4, -0.2) is 15.5 Å². The number of fused-ring (bicyclic) bond motifs is 1. The Hall–Kier alpha value is -3.02. The lowest BCUT2D eigenvalue weighted by Gasteiger charge is -2.09. The van der Waals surface area contributed by atoms with Gasteiger partial charge in [-0.3, -0.25) is 4.79 Å². The topological polar surface area (TPSA) is 46.9 Å². The van der Waals surface area contributed by atoms with E-state index in [4.69, 9.17) is 0 Å². The van der Waals surface area contributed by atoms with Gasteiger partial charge in [0.25, 0.3) is 5.91 Å². The van der Waals surface area contributed by atoms with Gasteiger partial charge < -0.3 is 9.88 Å². The van der Waals surface area contributed by atoms with Crippen LogP contribution in [0.1, 0.15) is 35.4 Å². The third-order valence-corrected chi connectivity index (χ3v) is 4.79. The number of nitrogens with one attached hydrogen (secondary N) is 1. The van der Waals surface area contributed by atoms with Gasteiger partial charge in [0.1, 0.15) is 23.2 Å². The van der Waals surface area contributed by atoms with Gasteiger partial charge in [-0.05, 0) is 31.4 Å². The lowest BCUT2D eigenvalue weighted by Crippen LogP contribution is -2.16. The van der Waals surface area contributed by atoms with Crippen LogP contribution in [-0.2, 0) is 13.0 Å². The van der Waals surface area contributed by atoms with Crippen molar-refractivity contribution in [2.24, 2.45) is 0 Å². The summed E-state index contributed by atoms with van der Waals surface area (Å²) in [6.07, 6.45) is 3.79. The molecule has 0 bridgehead atoms. The van der Waals surface area contributed by atoms with E-state index in [1.165, 1.54) is 0 Å². The molecule has 0 fully saturated rings. The smallest absolute Gasteiger partial charge is 0.276 e. The number of carbonyl (C=O) groups excluding carboxylic acids is 1. The maximum absolute atomic E-state index is 13.9. The maximum Gasteiger partial charge on any atom is 0.276 e. The van der Waals surface area contributed by atoms with Gasteiger partial charge in [-0.25, -0.2) is 13.8 Å². The van der Waals surface area contributed by atoms with Crippen molar-refractivity contribution in [1.29, 1.82) is 0 Å². The van der Waals surface area contributed by atoms with Gasteiger partial charge >= 0.3 is 0 Å². The summed E-state index contributed by atoms with van der Waals surface area (Å²) < 4.78 is 29.4. The number of carbonyl (C=O) groups is 1. The summed E-state index contributed by atoms with van der Waals surface area (Å²) in [6, 6.07) is 12.7. The molecule has 1 N–H and O–H groups in total. The fourth-order valence-electron chi connectivity index (χ4n) is 3.48. The second-order valence-electron chi connectivity index (χ2n) is 6.64. The molecule has 1 aliphatic rings. The average molecular weight is 367 g/mol. The molecular formula is C21H19F2N3O. The van der Waals surface area contributed by atoms with Crippen molar-refractivity contribution < 1.29 is 13.6 Å². The molecule has 0 atom stereocenters. The monoisotopic (exact) mass is 367 g/mol. The van der Waals surface area contributed by atoms with Crippen molar-refractivity contribution in [3.8, 4) is 11.4 Å². The average Bonchev–Trinajstić information content (AvgIpc) is 2.87. The third kappa shape index (κ3) is 3.47. The first kappa shape index (κ1) is 17.4. The highest BCUT2D eigenvalue weighted by molar-refractivity contribution is 6.04. The van der Waals surface area contributed by atoms with Crippen molar-refractivity contribution >= 4 is 11.6 Å². The van der Waals surface area contributed by atoms with E-state index in [2.05, 4.69) is 14.9 Å². The number of rotatable bonds is 3. The number of hydrogen-bond acceptors (Lipinski definition) is 2. The summed E-state index contributed by atoms with van der Waals surface area (Å²) in [5.74, 6) is -1.08. The first-order chi connectivity index (χ1) is 13.1. The number of aromatic nitrogens is 2. The number of benzene rings is 2. The second kappa shape index (κ2) is 7.31. The Balaban J connectivity index is 1.75. The van der Waals surface area contributed by atoms with Crippen LogP contribution in [0.5, 0.6) is 0 Å². The molecule has 0 saturated heterocycles. The molecule has 6 heteroatoms. The molecule has 4 rings (SSSR count). The van der Waals surface area contributed by atoms with Crippen LogP contribution >= 0.6 is 0 Å². The van der Waals surface area contributed by atoms with Crippen molar-refractivity contribution in [3.05, 3.63) is 71.6 Å². The molecule has 2 aromatic carbocycles. The molecule has 1 amide bonds.